The summed E-state index contributed by atoms with van der Waals surface area (Å²) in [4.78, 5) is 14.5. The summed E-state index contributed by atoms with van der Waals surface area (Å²) in [5.74, 6) is 0.849. The van der Waals surface area contributed by atoms with Crippen molar-refractivity contribution in [2.45, 2.75) is 32.2 Å². The molecule has 1 unspecified atom stereocenters. The molecule has 0 saturated carbocycles. The summed E-state index contributed by atoms with van der Waals surface area (Å²) in [5.41, 5.74) is 7.55. The van der Waals surface area contributed by atoms with Gasteiger partial charge in [0.1, 0.15) is 11.3 Å². The molecule has 1 aliphatic carbocycles. The first-order valence-electron chi connectivity index (χ1n) is 6.83. The molecule has 0 radical (unpaired) electrons. The lowest BCUT2D eigenvalue weighted by Gasteiger charge is -2.31. The zero-order valence-electron chi connectivity index (χ0n) is 11.9. The van der Waals surface area contributed by atoms with Crippen LogP contribution in [-0.2, 0) is 16.8 Å². The molecule has 0 fully saturated rings. The Hall–Kier alpha value is -1.55. The van der Waals surface area contributed by atoms with Crippen LogP contribution in [-0.4, -0.2) is 31.0 Å². The van der Waals surface area contributed by atoms with E-state index >= 15 is 0 Å². The molecule has 4 heteroatoms. The molecule has 0 bridgehead atoms. The van der Waals surface area contributed by atoms with Crippen molar-refractivity contribution in [3.05, 3.63) is 29.3 Å². The van der Waals surface area contributed by atoms with Crippen molar-refractivity contribution in [3.8, 4) is 5.75 Å². The van der Waals surface area contributed by atoms with E-state index in [-0.39, 0.29) is 5.91 Å². The zero-order chi connectivity index (χ0) is 14.0. The van der Waals surface area contributed by atoms with Gasteiger partial charge in [0.2, 0.25) is 5.91 Å². The molecule has 1 aromatic carbocycles. The van der Waals surface area contributed by atoms with Crippen molar-refractivity contribution >= 4 is 5.91 Å². The molecular weight excluding hydrogens is 240 g/mol. The van der Waals surface area contributed by atoms with Gasteiger partial charge >= 0.3 is 0 Å². The van der Waals surface area contributed by atoms with Crippen LogP contribution in [0.4, 0.5) is 0 Å². The third-order valence-corrected chi connectivity index (χ3v) is 4.04. The molecule has 0 saturated heterocycles. The number of hydrogen-bond donors (Lipinski definition) is 1. The Morgan fingerprint density at radius 1 is 1.42 bits per heavy atom. The maximum absolute atomic E-state index is 12.7. The van der Waals surface area contributed by atoms with E-state index in [1.54, 1.807) is 12.0 Å². The summed E-state index contributed by atoms with van der Waals surface area (Å²) in [6, 6.07) is 5.78. The Labute approximate surface area is 114 Å². The van der Waals surface area contributed by atoms with Crippen LogP contribution in [0.15, 0.2) is 18.2 Å². The first kappa shape index (κ1) is 13.9. The molecule has 1 amide bonds. The summed E-state index contributed by atoms with van der Waals surface area (Å²) < 4.78 is 5.36. The van der Waals surface area contributed by atoms with Crippen LogP contribution in [0.5, 0.6) is 5.75 Å². The van der Waals surface area contributed by atoms with E-state index in [0.717, 1.165) is 23.3 Å². The maximum Gasteiger partial charge on any atom is 0.247 e. The van der Waals surface area contributed by atoms with Gasteiger partial charge in [0.15, 0.2) is 0 Å². The minimum atomic E-state index is -0.893. The highest BCUT2D eigenvalue weighted by atomic mass is 16.5. The lowest BCUT2D eigenvalue weighted by Crippen LogP contribution is -2.51. The molecule has 0 heterocycles. The lowest BCUT2D eigenvalue weighted by atomic mass is 9.91. The Morgan fingerprint density at radius 2 is 2.11 bits per heavy atom. The highest BCUT2D eigenvalue weighted by molar-refractivity contribution is 5.89. The molecule has 1 aliphatic rings. The van der Waals surface area contributed by atoms with Crippen molar-refractivity contribution in [2.75, 3.05) is 20.2 Å². The minimum Gasteiger partial charge on any atom is -0.496 e. The number of hydrogen-bond acceptors (Lipinski definition) is 3. The Morgan fingerprint density at radius 3 is 2.68 bits per heavy atom. The molecule has 0 aliphatic heterocycles. The molecule has 4 nitrogen and oxygen atoms in total. The largest absolute Gasteiger partial charge is 0.496 e. The number of nitrogens with zero attached hydrogens (tertiary/aromatic N) is 1. The number of nitrogens with two attached hydrogens (primary N) is 1. The second-order valence-electron chi connectivity index (χ2n) is 4.94. The average molecular weight is 262 g/mol. The summed E-state index contributed by atoms with van der Waals surface area (Å²) >= 11 is 0. The summed E-state index contributed by atoms with van der Waals surface area (Å²) in [6.45, 7) is 5.33. The van der Waals surface area contributed by atoms with E-state index in [1.807, 2.05) is 32.0 Å². The highest BCUT2D eigenvalue weighted by Gasteiger charge is 2.44. The van der Waals surface area contributed by atoms with Gasteiger partial charge in [-0.1, -0.05) is 12.1 Å². The van der Waals surface area contributed by atoms with Crippen LogP contribution in [0.1, 0.15) is 31.4 Å². The van der Waals surface area contributed by atoms with Crippen LogP contribution in [0.3, 0.4) is 0 Å². The molecule has 1 aromatic rings. The second kappa shape index (κ2) is 5.21. The van der Waals surface area contributed by atoms with Gasteiger partial charge in [0.25, 0.3) is 0 Å². The van der Waals surface area contributed by atoms with Crippen molar-refractivity contribution < 1.29 is 9.53 Å². The van der Waals surface area contributed by atoms with Gasteiger partial charge in [0, 0.05) is 13.1 Å². The van der Waals surface area contributed by atoms with Crippen molar-refractivity contribution in [1.82, 2.24) is 4.90 Å². The highest BCUT2D eigenvalue weighted by Crippen LogP contribution is 2.40. The molecule has 19 heavy (non-hydrogen) atoms. The van der Waals surface area contributed by atoms with Crippen molar-refractivity contribution in [3.63, 3.8) is 0 Å². The quantitative estimate of drug-likeness (QED) is 0.898. The van der Waals surface area contributed by atoms with Crippen LogP contribution in [0.25, 0.3) is 0 Å². The smallest absolute Gasteiger partial charge is 0.247 e. The molecule has 1 atom stereocenters. The Bertz CT molecular complexity index is 483. The van der Waals surface area contributed by atoms with E-state index in [2.05, 4.69) is 0 Å². The first-order valence-corrected chi connectivity index (χ1v) is 6.83. The normalized spacial score (nSPS) is 21.1. The van der Waals surface area contributed by atoms with E-state index in [4.69, 9.17) is 10.5 Å². The zero-order valence-corrected chi connectivity index (χ0v) is 11.9. The van der Waals surface area contributed by atoms with Gasteiger partial charge in [-0.3, -0.25) is 4.79 Å². The third-order valence-electron chi connectivity index (χ3n) is 4.04. The predicted octanol–water partition coefficient (Wildman–Crippen LogP) is 1.66. The van der Waals surface area contributed by atoms with Crippen LogP contribution in [0, 0.1) is 0 Å². The molecule has 104 valence electrons. The van der Waals surface area contributed by atoms with Gasteiger partial charge in [0.05, 0.1) is 7.11 Å². The fourth-order valence-corrected chi connectivity index (χ4v) is 2.90. The predicted molar refractivity (Wildman–Crippen MR) is 75.1 cm³/mol. The van der Waals surface area contributed by atoms with Crippen molar-refractivity contribution in [1.29, 1.82) is 0 Å². The lowest BCUT2D eigenvalue weighted by molar-refractivity contribution is -0.137. The number of fused-ring (bicyclic) bond motifs is 1. The number of ether oxygens (including phenoxy) is 1. The van der Waals surface area contributed by atoms with E-state index < -0.39 is 5.54 Å². The van der Waals surface area contributed by atoms with E-state index in [1.165, 1.54) is 0 Å². The Balaban J connectivity index is 2.42. The molecule has 0 aromatic heterocycles. The van der Waals surface area contributed by atoms with Gasteiger partial charge in [-0.15, -0.1) is 0 Å². The first-order chi connectivity index (χ1) is 9.08. The monoisotopic (exact) mass is 262 g/mol. The summed E-state index contributed by atoms with van der Waals surface area (Å²) in [7, 11) is 1.65. The van der Waals surface area contributed by atoms with Gasteiger partial charge in [-0.05, 0) is 43.9 Å². The molecule has 0 spiro atoms. The fourth-order valence-electron chi connectivity index (χ4n) is 2.90. The second-order valence-corrected chi connectivity index (χ2v) is 4.94. The molecule has 2 N–H and O–H groups in total. The van der Waals surface area contributed by atoms with E-state index in [9.17, 15) is 4.79 Å². The van der Waals surface area contributed by atoms with Gasteiger partial charge < -0.3 is 15.4 Å². The topological polar surface area (TPSA) is 55.6 Å². The standard InChI is InChI=1S/C15H22N2O2/c1-4-17(5-2)14(18)15(16)10-9-11-12(15)7-6-8-13(11)19-3/h6-8H,4-5,9-10,16H2,1-3H3. The minimum absolute atomic E-state index is 0.0181. The number of benzene rings is 1. The van der Waals surface area contributed by atoms with E-state index in [0.29, 0.717) is 19.5 Å². The van der Waals surface area contributed by atoms with Crippen molar-refractivity contribution in [2.24, 2.45) is 5.73 Å². The third kappa shape index (κ3) is 2.10. The number of carbonyl (C=O) groups is 1. The molecular formula is C15H22N2O2. The van der Waals surface area contributed by atoms with Gasteiger partial charge in [-0.25, -0.2) is 0 Å². The number of carbonyl (C=O) groups excluding carboxylic acids is 1. The van der Waals surface area contributed by atoms with Gasteiger partial charge in [-0.2, -0.15) is 0 Å². The summed E-state index contributed by atoms with van der Waals surface area (Å²) in [5, 5.41) is 0. The van der Waals surface area contributed by atoms with Crippen LogP contribution in [0.2, 0.25) is 0 Å². The number of likely N-dealkylation sites (N-methyl/N-ethyl adjacent to an activating group) is 1. The molecule has 2 rings (SSSR count). The Kier molecular flexibility index (Phi) is 3.80. The SMILES string of the molecule is CCN(CC)C(=O)C1(N)CCc2c(OC)cccc21. The number of rotatable bonds is 4. The maximum atomic E-state index is 12.7. The average Bonchev–Trinajstić information content (AvgIpc) is 2.79. The summed E-state index contributed by atoms with van der Waals surface area (Å²) in [6.07, 6.45) is 1.45. The number of methoxy groups -OCH3 is 1. The fraction of sp³-hybridized carbons (Fsp3) is 0.533. The van der Waals surface area contributed by atoms with Crippen LogP contribution < -0.4 is 10.5 Å². The number of amides is 1. The van der Waals surface area contributed by atoms with Crippen LogP contribution >= 0.6 is 0 Å².